The Balaban J connectivity index is 2.40. The molecule has 0 saturated carbocycles. The maximum atomic E-state index is 10.4. The minimum absolute atomic E-state index is 0.388. The van der Waals surface area contributed by atoms with Crippen LogP contribution in [0.5, 0.6) is 0 Å². The van der Waals surface area contributed by atoms with Gasteiger partial charge in [0.15, 0.2) is 0 Å². The fraction of sp³-hybridized carbons (Fsp3) is 0.667. The van der Waals surface area contributed by atoms with Crippen molar-refractivity contribution in [3.8, 4) is 0 Å². The lowest BCUT2D eigenvalue weighted by molar-refractivity contribution is 0.0540. The van der Waals surface area contributed by atoms with Gasteiger partial charge in [0.2, 0.25) is 0 Å². The maximum absolute atomic E-state index is 10.4. The number of nitrogens with zero attached hydrogens (tertiary/aromatic N) is 2. The van der Waals surface area contributed by atoms with Crippen LogP contribution in [0.2, 0.25) is 0 Å². The van der Waals surface area contributed by atoms with Gasteiger partial charge in [-0.25, -0.2) is 0 Å². The van der Waals surface area contributed by atoms with Gasteiger partial charge in [-0.2, -0.15) is 5.10 Å². The van der Waals surface area contributed by atoms with E-state index >= 15 is 0 Å². The van der Waals surface area contributed by atoms with E-state index in [1.807, 2.05) is 20.2 Å². The first-order chi connectivity index (χ1) is 8.81. The van der Waals surface area contributed by atoms with E-state index < -0.39 is 5.60 Å². The van der Waals surface area contributed by atoms with Crippen LogP contribution in [0.1, 0.15) is 46.1 Å². The van der Waals surface area contributed by atoms with Crippen LogP contribution >= 0.6 is 0 Å². The molecule has 2 atom stereocenters. The van der Waals surface area contributed by atoms with Gasteiger partial charge in [0.1, 0.15) is 5.60 Å². The van der Waals surface area contributed by atoms with Gasteiger partial charge >= 0.3 is 0 Å². The standard InChI is InChI=1S/C15H27N3O/c1-12(2)7-6-8-13(3)16-11-15(4,19)14-9-17-18(5)10-14/h7,9-10,13,16,19H,6,8,11H2,1-5H3. The first kappa shape index (κ1) is 15.9. The van der Waals surface area contributed by atoms with Crippen LogP contribution in [-0.4, -0.2) is 27.5 Å². The molecule has 0 saturated heterocycles. The van der Waals surface area contributed by atoms with Crippen molar-refractivity contribution in [3.63, 3.8) is 0 Å². The molecular formula is C15H27N3O. The Bertz CT molecular complexity index is 417. The zero-order valence-electron chi connectivity index (χ0n) is 12.8. The quantitative estimate of drug-likeness (QED) is 0.744. The molecular weight excluding hydrogens is 238 g/mol. The molecule has 0 spiro atoms. The SMILES string of the molecule is CC(C)=CCCC(C)NCC(C)(O)c1cnn(C)c1. The van der Waals surface area contributed by atoms with Crippen molar-refractivity contribution in [2.75, 3.05) is 6.54 Å². The van der Waals surface area contributed by atoms with Gasteiger partial charge in [-0.15, -0.1) is 0 Å². The number of allylic oxidation sites excluding steroid dienone is 2. The third kappa shape index (κ3) is 5.57. The number of hydrogen-bond donors (Lipinski definition) is 2. The van der Waals surface area contributed by atoms with Gasteiger partial charge in [0, 0.05) is 31.4 Å². The van der Waals surface area contributed by atoms with Crippen LogP contribution < -0.4 is 5.32 Å². The molecule has 1 aromatic rings. The second-order valence-corrected chi connectivity index (χ2v) is 5.82. The van der Waals surface area contributed by atoms with Crippen LogP contribution in [0, 0.1) is 0 Å². The highest BCUT2D eigenvalue weighted by atomic mass is 16.3. The summed E-state index contributed by atoms with van der Waals surface area (Å²) >= 11 is 0. The summed E-state index contributed by atoms with van der Waals surface area (Å²) in [6, 6.07) is 0.388. The number of aliphatic hydroxyl groups is 1. The largest absolute Gasteiger partial charge is 0.384 e. The van der Waals surface area contributed by atoms with Crippen LogP contribution in [0.3, 0.4) is 0 Å². The van der Waals surface area contributed by atoms with Crippen LogP contribution in [-0.2, 0) is 12.6 Å². The normalized spacial score (nSPS) is 15.9. The van der Waals surface area contributed by atoms with E-state index in [0.717, 1.165) is 18.4 Å². The molecule has 4 heteroatoms. The highest BCUT2D eigenvalue weighted by molar-refractivity contribution is 5.14. The molecule has 0 fully saturated rings. The van der Waals surface area contributed by atoms with E-state index in [4.69, 9.17) is 0 Å². The Hall–Kier alpha value is -1.13. The van der Waals surface area contributed by atoms with Crippen LogP contribution in [0.15, 0.2) is 24.0 Å². The molecule has 1 heterocycles. The molecule has 19 heavy (non-hydrogen) atoms. The van der Waals surface area contributed by atoms with E-state index in [2.05, 4.69) is 37.3 Å². The fourth-order valence-electron chi connectivity index (χ4n) is 1.90. The summed E-state index contributed by atoms with van der Waals surface area (Å²) in [4.78, 5) is 0. The Labute approximate surface area is 116 Å². The molecule has 0 aliphatic carbocycles. The molecule has 4 nitrogen and oxygen atoms in total. The third-order valence-electron chi connectivity index (χ3n) is 3.27. The van der Waals surface area contributed by atoms with Gasteiger partial charge in [-0.05, 0) is 40.5 Å². The van der Waals surface area contributed by atoms with E-state index in [0.29, 0.717) is 12.6 Å². The van der Waals surface area contributed by atoms with E-state index in [1.165, 1.54) is 5.57 Å². The molecule has 1 aromatic heterocycles. The van der Waals surface area contributed by atoms with Crippen molar-refractivity contribution in [2.24, 2.45) is 7.05 Å². The van der Waals surface area contributed by atoms with Gasteiger partial charge in [0.05, 0.1) is 6.20 Å². The lowest BCUT2D eigenvalue weighted by Gasteiger charge is -2.25. The zero-order chi connectivity index (χ0) is 14.5. The topological polar surface area (TPSA) is 50.1 Å². The Kier molecular flexibility index (Phi) is 5.76. The van der Waals surface area contributed by atoms with Crippen LogP contribution in [0.4, 0.5) is 0 Å². The molecule has 2 N–H and O–H groups in total. The highest BCUT2D eigenvalue weighted by Crippen LogP contribution is 2.18. The lowest BCUT2D eigenvalue weighted by atomic mass is 9.99. The fourth-order valence-corrected chi connectivity index (χ4v) is 1.90. The molecule has 0 amide bonds. The average molecular weight is 265 g/mol. The zero-order valence-corrected chi connectivity index (χ0v) is 12.8. The summed E-state index contributed by atoms with van der Waals surface area (Å²) in [5.74, 6) is 0. The maximum Gasteiger partial charge on any atom is 0.102 e. The molecule has 108 valence electrons. The lowest BCUT2D eigenvalue weighted by Crippen LogP contribution is -2.39. The molecule has 0 aromatic carbocycles. The Morgan fingerprint density at radius 3 is 2.79 bits per heavy atom. The summed E-state index contributed by atoms with van der Waals surface area (Å²) in [6.07, 6.45) is 7.97. The van der Waals surface area contributed by atoms with Gasteiger partial charge in [-0.1, -0.05) is 11.6 Å². The summed E-state index contributed by atoms with van der Waals surface area (Å²) in [5, 5.41) is 17.9. The smallest absolute Gasteiger partial charge is 0.102 e. The van der Waals surface area contributed by atoms with Crippen molar-refractivity contribution in [3.05, 3.63) is 29.6 Å². The first-order valence-corrected chi connectivity index (χ1v) is 6.89. The predicted octanol–water partition coefficient (Wildman–Crippen LogP) is 2.35. The molecule has 0 bridgehead atoms. The van der Waals surface area contributed by atoms with Crippen molar-refractivity contribution < 1.29 is 5.11 Å². The Morgan fingerprint density at radius 1 is 1.58 bits per heavy atom. The van der Waals surface area contributed by atoms with Crippen LogP contribution in [0.25, 0.3) is 0 Å². The average Bonchev–Trinajstić information content (AvgIpc) is 2.74. The van der Waals surface area contributed by atoms with Crippen molar-refractivity contribution in [1.29, 1.82) is 0 Å². The second kappa shape index (κ2) is 6.87. The van der Waals surface area contributed by atoms with Gasteiger partial charge < -0.3 is 10.4 Å². The van der Waals surface area contributed by atoms with E-state index in [1.54, 1.807) is 10.9 Å². The minimum atomic E-state index is -0.876. The number of aryl methyl sites for hydroxylation is 1. The Morgan fingerprint density at radius 2 is 2.26 bits per heavy atom. The van der Waals surface area contributed by atoms with E-state index in [9.17, 15) is 5.11 Å². The van der Waals surface area contributed by atoms with Crippen molar-refractivity contribution in [2.45, 2.75) is 52.2 Å². The summed E-state index contributed by atoms with van der Waals surface area (Å²) in [6.45, 7) is 8.74. The van der Waals surface area contributed by atoms with Gasteiger partial charge in [-0.3, -0.25) is 4.68 Å². The van der Waals surface area contributed by atoms with Gasteiger partial charge in [0.25, 0.3) is 0 Å². The predicted molar refractivity (Wildman–Crippen MR) is 78.9 cm³/mol. The third-order valence-corrected chi connectivity index (χ3v) is 3.27. The summed E-state index contributed by atoms with van der Waals surface area (Å²) in [5.41, 5.74) is 1.33. The molecule has 1 rings (SSSR count). The first-order valence-electron chi connectivity index (χ1n) is 6.89. The number of hydrogen-bond acceptors (Lipinski definition) is 3. The minimum Gasteiger partial charge on any atom is -0.384 e. The number of nitrogens with one attached hydrogen (secondary N) is 1. The van der Waals surface area contributed by atoms with Crippen molar-refractivity contribution >= 4 is 0 Å². The summed E-state index contributed by atoms with van der Waals surface area (Å²) < 4.78 is 1.71. The summed E-state index contributed by atoms with van der Waals surface area (Å²) in [7, 11) is 1.86. The number of rotatable bonds is 7. The molecule has 2 unspecified atom stereocenters. The van der Waals surface area contributed by atoms with Crippen molar-refractivity contribution in [1.82, 2.24) is 15.1 Å². The highest BCUT2D eigenvalue weighted by Gasteiger charge is 2.24. The molecule has 0 radical (unpaired) electrons. The van der Waals surface area contributed by atoms with E-state index in [-0.39, 0.29) is 0 Å². The monoisotopic (exact) mass is 265 g/mol. The molecule has 0 aliphatic heterocycles. The molecule has 0 aliphatic rings. The second-order valence-electron chi connectivity index (χ2n) is 5.82. The number of aromatic nitrogens is 2.